The van der Waals surface area contributed by atoms with Gasteiger partial charge in [0, 0.05) is 37.3 Å². The van der Waals surface area contributed by atoms with Crippen LogP contribution in [-0.4, -0.2) is 82.9 Å². The third-order valence-electron chi connectivity index (χ3n) is 9.04. The molecule has 3 aromatic rings. The van der Waals surface area contributed by atoms with Crippen molar-refractivity contribution >= 4 is 28.5 Å². The van der Waals surface area contributed by atoms with Gasteiger partial charge in [-0.25, -0.2) is 19.7 Å². The van der Waals surface area contributed by atoms with Crippen molar-refractivity contribution in [1.29, 1.82) is 0 Å². The monoisotopic (exact) mass is 647 g/mol. The number of unbranched alkanes of at least 4 members (excludes halogenated alkanes) is 9. The highest BCUT2D eigenvalue weighted by Crippen LogP contribution is 2.21. The molecule has 0 fully saturated rings. The van der Waals surface area contributed by atoms with Crippen LogP contribution in [0.4, 0.5) is 11.6 Å². The number of aliphatic carboxylic acids is 1. The van der Waals surface area contributed by atoms with Crippen molar-refractivity contribution in [2.45, 2.75) is 102 Å². The minimum absolute atomic E-state index is 0.456. The predicted molar refractivity (Wildman–Crippen MR) is 191 cm³/mol. The fraction of sp³-hybridized carbons (Fsp3) is 0.622. The number of hydrogen-bond acceptors (Lipinski definition) is 9. The second-order valence-corrected chi connectivity index (χ2v) is 12.8. The number of nitrogens with one attached hydrogen (secondary N) is 2. The van der Waals surface area contributed by atoms with E-state index in [1.165, 1.54) is 56.8 Å². The molecule has 0 saturated carbocycles. The van der Waals surface area contributed by atoms with Crippen LogP contribution in [0.25, 0.3) is 10.9 Å². The van der Waals surface area contributed by atoms with E-state index in [0.717, 1.165) is 100 Å². The van der Waals surface area contributed by atoms with Gasteiger partial charge in [0.1, 0.15) is 24.0 Å². The summed E-state index contributed by atoms with van der Waals surface area (Å²) in [4.78, 5) is 28.2. The fourth-order valence-electron chi connectivity index (χ4n) is 6.22. The number of nitrogens with two attached hydrogens (primary N) is 1. The summed E-state index contributed by atoms with van der Waals surface area (Å²) in [5.74, 6) is 0.720. The smallest absolute Gasteiger partial charge is 0.326 e. The minimum Gasteiger partial charge on any atom is -0.480 e. The number of pyridine rings is 1. The van der Waals surface area contributed by atoms with Crippen LogP contribution in [0.1, 0.15) is 94.7 Å². The lowest BCUT2D eigenvalue weighted by Crippen LogP contribution is -2.37. The van der Waals surface area contributed by atoms with Crippen molar-refractivity contribution in [2.24, 2.45) is 5.73 Å². The first-order valence-electron chi connectivity index (χ1n) is 18.1. The lowest BCUT2D eigenvalue weighted by molar-refractivity contribution is -0.138. The summed E-state index contributed by atoms with van der Waals surface area (Å²) in [5.41, 5.74) is 8.81. The molecule has 1 unspecified atom stereocenters. The van der Waals surface area contributed by atoms with E-state index >= 15 is 0 Å². The van der Waals surface area contributed by atoms with Gasteiger partial charge in [-0.05, 0) is 88.2 Å². The standard InChI is InChI=1S/C37H57N7O3/c38-22-11-6-4-2-1-3-5-7-13-27-47-28-26-44(24-12-10-16-31-20-19-30-15-14-23-39-35(30)42-31)25-21-34(37(45)46)43-36-32-17-8-9-18-33(32)40-29-41-36/h8-9,17-20,29,34H,1-7,10-16,21-28,38H2,(H,39,42)(H,45,46)(H,40,41,43). The zero-order valence-corrected chi connectivity index (χ0v) is 28.3. The molecule has 1 aliphatic rings. The zero-order chi connectivity index (χ0) is 32.9. The van der Waals surface area contributed by atoms with Crippen LogP contribution >= 0.6 is 0 Å². The number of aromatic nitrogens is 3. The molecule has 258 valence electrons. The van der Waals surface area contributed by atoms with Crippen LogP contribution in [0.2, 0.25) is 0 Å². The average Bonchev–Trinajstić information content (AvgIpc) is 3.09. The van der Waals surface area contributed by atoms with E-state index in [2.05, 4.69) is 37.6 Å². The van der Waals surface area contributed by atoms with Crippen LogP contribution in [0.5, 0.6) is 0 Å². The van der Waals surface area contributed by atoms with Crippen LogP contribution in [0.15, 0.2) is 42.7 Å². The van der Waals surface area contributed by atoms with Gasteiger partial charge in [0.25, 0.3) is 0 Å². The highest BCUT2D eigenvalue weighted by molar-refractivity contribution is 5.90. The topological polar surface area (TPSA) is 139 Å². The molecule has 0 radical (unpaired) electrons. The molecule has 3 heterocycles. The molecule has 0 bridgehead atoms. The Bertz CT molecular complexity index is 1320. The maximum absolute atomic E-state index is 12.3. The van der Waals surface area contributed by atoms with Gasteiger partial charge in [-0.2, -0.15) is 0 Å². The van der Waals surface area contributed by atoms with Crippen LogP contribution in [0.3, 0.4) is 0 Å². The largest absolute Gasteiger partial charge is 0.480 e. The third kappa shape index (κ3) is 13.4. The fourth-order valence-corrected chi connectivity index (χ4v) is 6.22. The van der Waals surface area contributed by atoms with Gasteiger partial charge in [-0.3, -0.25) is 0 Å². The molecule has 0 spiro atoms. The molecule has 10 nitrogen and oxygen atoms in total. The summed E-state index contributed by atoms with van der Waals surface area (Å²) < 4.78 is 6.04. The molecular weight excluding hydrogens is 590 g/mol. The number of carboxylic acids is 1. The number of anilines is 2. The highest BCUT2D eigenvalue weighted by atomic mass is 16.5. The quantitative estimate of drug-likeness (QED) is 0.0759. The SMILES string of the molecule is NCCCCCCCCCCCOCCN(CCCCc1ccc2c(n1)NCCC2)CCC(Nc1ncnc2ccccc12)C(=O)O. The number of rotatable bonds is 25. The number of ether oxygens (including phenoxy) is 1. The first-order valence-corrected chi connectivity index (χ1v) is 18.1. The predicted octanol–water partition coefficient (Wildman–Crippen LogP) is 6.45. The van der Waals surface area contributed by atoms with E-state index in [4.69, 9.17) is 15.5 Å². The Balaban J connectivity index is 1.21. The van der Waals surface area contributed by atoms with Gasteiger partial charge >= 0.3 is 5.97 Å². The van der Waals surface area contributed by atoms with Crippen molar-refractivity contribution in [3.8, 4) is 0 Å². The summed E-state index contributed by atoms with van der Waals surface area (Å²) >= 11 is 0. The Hall–Kier alpha value is -3.34. The molecule has 0 aliphatic carbocycles. The van der Waals surface area contributed by atoms with Crippen molar-refractivity contribution in [3.63, 3.8) is 0 Å². The number of benzene rings is 1. The molecule has 1 aromatic carbocycles. The summed E-state index contributed by atoms with van der Waals surface area (Å²) in [7, 11) is 0. The minimum atomic E-state index is -0.883. The molecule has 0 amide bonds. The molecule has 1 atom stereocenters. The van der Waals surface area contributed by atoms with Gasteiger partial charge in [-0.1, -0.05) is 63.1 Å². The number of carbonyl (C=O) groups is 1. The van der Waals surface area contributed by atoms with E-state index in [9.17, 15) is 9.90 Å². The number of fused-ring (bicyclic) bond motifs is 2. The first-order chi connectivity index (χ1) is 23.1. The highest BCUT2D eigenvalue weighted by Gasteiger charge is 2.20. The summed E-state index contributed by atoms with van der Waals surface area (Å²) in [5, 5.41) is 17.5. The van der Waals surface area contributed by atoms with Crippen molar-refractivity contribution in [3.05, 3.63) is 54.0 Å². The van der Waals surface area contributed by atoms with Crippen LogP contribution in [0, 0.1) is 0 Å². The van der Waals surface area contributed by atoms with E-state index in [1.807, 2.05) is 24.3 Å². The number of carboxylic acid groups (broad SMARTS) is 1. The van der Waals surface area contributed by atoms with E-state index in [1.54, 1.807) is 0 Å². The Labute approximate surface area is 281 Å². The Morgan fingerprint density at radius 1 is 0.915 bits per heavy atom. The lowest BCUT2D eigenvalue weighted by Gasteiger charge is -2.25. The molecule has 5 N–H and O–H groups in total. The second-order valence-electron chi connectivity index (χ2n) is 12.8. The zero-order valence-electron chi connectivity index (χ0n) is 28.3. The van der Waals surface area contributed by atoms with Crippen molar-refractivity contribution < 1.29 is 14.6 Å². The van der Waals surface area contributed by atoms with Gasteiger partial charge in [0.15, 0.2) is 0 Å². The number of aryl methyl sites for hydroxylation is 2. The number of para-hydroxylation sites is 1. The lowest BCUT2D eigenvalue weighted by atomic mass is 10.1. The molecular formula is C37H57N7O3. The van der Waals surface area contributed by atoms with Gasteiger partial charge in [-0.15, -0.1) is 0 Å². The Morgan fingerprint density at radius 2 is 1.70 bits per heavy atom. The normalized spacial score (nSPS) is 13.4. The maximum atomic E-state index is 12.3. The molecule has 0 saturated heterocycles. The van der Waals surface area contributed by atoms with Crippen molar-refractivity contribution in [2.75, 3.05) is 56.6 Å². The van der Waals surface area contributed by atoms with Gasteiger partial charge < -0.3 is 31.1 Å². The molecule has 2 aromatic heterocycles. The Kier molecular flexibility index (Phi) is 16.7. The summed E-state index contributed by atoms with van der Waals surface area (Å²) in [6.45, 7) is 5.57. The Morgan fingerprint density at radius 3 is 2.51 bits per heavy atom. The second kappa shape index (κ2) is 21.5. The number of nitrogens with zero attached hydrogens (tertiary/aromatic N) is 4. The molecule has 1 aliphatic heterocycles. The van der Waals surface area contributed by atoms with Crippen LogP contribution < -0.4 is 16.4 Å². The number of hydrogen-bond donors (Lipinski definition) is 4. The maximum Gasteiger partial charge on any atom is 0.326 e. The average molecular weight is 648 g/mol. The van der Waals surface area contributed by atoms with Gasteiger partial charge in [0.2, 0.25) is 0 Å². The van der Waals surface area contributed by atoms with Gasteiger partial charge in [0.05, 0.1) is 12.1 Å². The first kappa shape index (κ1) is 36.5. The van der Waals surface area contributed by atoms with Crippen molar-refractivity contribution in [1.82, 2.24) is 19.9 Å². The summed E-state index contributed by atoms with van der Waals surface area (Å²) in [6, 6.07) is 11.3. The molecule has 10 heteroatoms. The van der Waals surface area contributed by atoms with E-state index in [-0.39, 0.29) is 0 Å². The third-order valence-corrected chi connectivity index (χ3v) is 9.04. The van der Waals surface area contributed by atoms with E-state index in [0.29, 0.717) is 25.4 Å². The summed E-state index contributed by atoms with van der Waals surface area (Å²) in [6.07, 6.45) is 18.4. The molecule has 47 heavy (non-hydrogen) atoms. The van der Waals surface area contributed by atoms with E-state index < -0.39 is 12.0 Å². The van der Waals surface area contributed by atoms with Crippen LogP contribution in [-0.2, 0) is 22.4 Å². The molecule has 4 rings (SSSR count).